The van der Waals surface area contributed by atoms with Crippen molar-refractivity contribution in [2.45, 2.75) is 43.0 Å². The van der Waals surface area contributed by atoms with E-state index in [9.17, 15) is 20.1 Å². The zero-order valence-corrected chi connectivity index (χ0v) is 10.9. The summed E-state index contributed by atoms with van der Waals surface area (Å²) < 4.78 is 10.3. The summed E-state index contributed by atoms with van der Waals surface area (Å²) in [6.45, 7) is -0.612. The summed E-state index contributed by atoms with van der Waals surface area (Å²) in [5.74, 6) is -0.854. The van der Waals surface area contributed by atoms with E-state index < -0.39 is 55.5 Å². The maximum absolute atomic E-state index is 11.7. The zero-order chi connectivity index (χ0) is 15.7. The monoisotopic (exact) mass is 306 g/mol. The van der Waals surface area contributed by atoms with Crippen LogP contribution in [0.15, 0.2) is 4.99 Å². The summed E-state index contributed by atoms with van der Waals surface area (Å²) >= 11 is 0. The highest BCUT2D eigenvalue weighted by atomic mass is 16.7. The second-order valence-electron chi connectivity index (χ2n) is 4.75. The lowest BCUT2D eigenvalue weighted by atomic mass is 9.99. The van der Waals surface area contributed by atoms with Crippen LogP contribution in [-0.2, 0) is 14.3 Å². The maximum Gasteiger partial charge on any atom is 0.259 e. The van der Waals surface area contributed by atoms with Crippen molar-refractivity contribution in [1.82, 2.24) is 5.32 Å². The average Bonchev–Trinajstić information content (AvgIpc) is 2.42. The number of rotatable bonds is 3. The van der Waals surface area contributed by atoms with Gasteiger partial charge in [0.25, 0.3) is 5.91 Å². The lowest BCUT2D eigenvalue weighted by molar-refractivity contribution is -0.309. The van der Waals surface area contributed by atoms with Crippen LogP contribution in [0.3, 0.4) is 0 Å². The Labute approximate surface area is 119 Å². The van der Waals surface area contributed by atoms with Gasteiger partial charge < -0.3 is 41.4 Å². The molecule has 120 valence electrons. The van der Waals surface area contributed by atoms with Crippen LogP contribution in [0.5, 0.6) is 0 Å². The first kappa shape index (κ1) is 16.0. The van der Waals surface area contributed by atoms with Crippen LogP contribution in [0.4, 0.5) is 0 Å². The number of aliphatic hydroxyl groups excluding tert-OH is 4. The third kappa shape index (κ3) is 3.13. The number of carbonyl (C=O) groups excluding carboxylic acids is 1. The number of hydrogen-bond acceptors (Lipinski definition) is 10. The van der Waals surface area contributed by atoms with Gasteiger partial charge in [-0.2, -0.15) is 0 Å². The third-order valence-electron chi connectivity index (χ3n) is 3.24. The van der Waals surface area contributed by atoms with E-state index in [-0.39, 0.29) is 5.96 Å². The molecule has 0 aromatic rings. The molecule has 0 saturated carbocycles. The minimum absolute atomic E-state index is 0.166. The summed E-state index contributed by atoms with van der Waals surface area (Å²) in [5, 5.41) is 40.3. The predicted molar refractivity (Wildman–Crippen MR) is 66.4 cm³/mol. The molecular formula is C10H18N4O7. The Balaban J connectivity index is 2.09. The summed E-state index contributed by atoms with van der Waals surface area (Å²) in [5.41, 5.74) is 10.9. The van der Waals surface area contributed by atoms with E-state index >= 15 is 0 Å². The Morgan fingerprint density at radius 1 is 1.29 bits per heavy atom. The second kappa shape index (κ2) is 6.19. The molecule has 0 bridgehead atoms. The van der Waals surface area contributed by atoms with Crippen LogP contribution < -0.4 is 16.8 Å². The average molecular weight is 306 g/mol. The quantitative estimate of drug-likeness (QED) is 0.267. The molecule has 1 amide bonds. The van der Waals surface area contributed by atoms with Gasteiger partial charge in [-0.3, -0.25) is 10.1 Å². The largest absolute Gasteiger partial charge is 0.394 e. The van der Waals surface area contributed by atoms with Crippen molar-refractivity contribution >= 4 is 11.9 Å². The van der Waals surface area contributed by atoms with Gasteiger partial charge >= 0.3 is 0 Å². The molecule has 2 aliphatic heterocycles. The van der Waals surface area contributed by atoms with Crippen LogP contribution >= 0.6 is 0 Å². The molecule has 2 rings (SSSR count). The normalized spacial score (nSPS) is 44.1. The Morgan fingerprint density at radius 2 is 1.95 bits per heavy atom. The van der Waals surface area contributed by atoms with Crippen LogP contribution in [-0.4, -0.2) is 81.9 Å². The van der Waals surface area contributed by atoms with Crippen molar-refractivity contribution in [3.63, 3.8) is 0 Å². The molecule has 11 nitrogen and oxygen atoms in total. The molecule has 21 heavy (non-hydrogen) atoms. The Kier molecular flexibility index (Phi) is 4.73. The zero-order valence-electron chi connectivity index (χ0n) is 10.9. The fourth-order valence-electron chi connectivity index (χ4n) is 2.08. The van der Waals surface area contributed by atoms with Crippen LogP contribution in [0.2, 0.25) is 0 Å². The smallest absolute Gasteiger partial charge is 0.259 e. The van der Waals surface area contributed by atoms with Gasteiger partial charge in [-0.15, -0.1) is 0 Å². The third-order valence-corrected chi connectivity index (χ3v) is 3.24. The molecule has 9 N–H and O–H groups in total. The number of nitrogens with one attached hydrogen (secondary N) is 1. The standard InChI is InChI=1S/C10H18N4O7/c11-7-6(8(19)14-10(12)13-7)21-9-5(18)4(17)3(16)2(1-15)20-9/h2-7,9,15-18H,1,11H2,(H3,12,13,14,19)/t2-,3+,4-,5+,6?,7?,9-/m0/s1. The molecule has 2 heterocycles. The number of aliphatic imine (C=N–C) groups is 1. The number of ether oxygens (including phenoxy) is 2. The van der Waals surface area contributed by atoms with Crippen LogP contribution in [0.1, 0.15) is 0 Å². The molecular weight excluding hydrogens is 288 g/mol. The fraction of sp³-hybridized carbons (Fsp3) is 0.800. The highest BCUT2D eigenvalue weighted by molar-refractivity contribution is 6.00. The topological polar surface area (TPSA) is 193 Å². The molecule has 2 unspecified atom stereocenters. The van der Waals surface area contributed by atoms with Gasteiger partial charge in [0.15, 0.2) is 18.4 Å². The van der Waals surface area contributed by atoms with E-state index in [1.165, 1.54) is 0 Å². The van der Waals surface area contributed by atoms with Crippen molar-refractivity contribution in [1.29, 1.82) is 0 Å². The summed E-state index contributed by atoms with van der Waals surface area (Å²) in [7, 11) is 0. The van der Waals surface area contributed by atoms with Crippen molar-refractivity contribution in [3.05, 3.63) is 0 Å². The molecule has 7 atom stereocenters. The van der Waals surface area contributed by atoms with Crippen LogP contribution in [0.25, 0.3) is 0 Å². The van der Waals surface area contributed by atoms with E-state index in [0.717, 1.165) is 0 Å². The lowest BCUT2D eigenvalue weighted by Crippen LogP contribution is -2.63. The number of guanidine groups is 1. The van der Waals surface area contributed by atoms with Crippen LogP contribution in [0, 0.1) is 0 Å². The van der Waals surface area contributed by atoms with E-state index in [1.54, 1.807) is 0 Å². The van der Waals surface area contributed by atoms with Crippen molar-refractivity contribution in [2.24, 2.45) is 16.5 Å². The molecule has 1 saturated heterocycles. The molecule has 0 radical (unpaired) electrons. The van der Waals surface area contributed by atoms with Crippen molar-refractivity contribution in [3.8, 4) is 0 Å². The SMILES string of the molecule is NC1=NC(N)C(O[C@@H]2O[C@@H](CO)[C@@H](O)[C@H](O)[C@H]2O)C(=O)N1. The first-order chi connectivity index (χ1) is 9.85. The van der Waals surface area contributed by atoms with Gasteiger partial charge in [-0.05, 0) is 0 Å². The first-order valence-electron chi connectivity index (χ1n) is 6.21. The van der Waals surface area contributed by atoms with Crippen molar-refractivity contribution < 1.29 is 34.7 Å². The number of nitrogens with zero attached hydrogens (tertiary/aromatic N) is 1. The molecule has 2 aliphatic rings. The highest BCUT2D eigenvalue weighted by Gasteiger charge is 2.46. The van der Waals surface area contributed by atoms with E-state index in [1.807, 2.05) is 0 Å². The molecule has 1 fully saturated rings. The van der Waals surface area contributed by atoms with Gasteiger partial charge in [0.1, 0.15) is 30.6 Å². The number of hydrogen-bond donors (Lipinski definition) is 7. The van der Waals surface area contributed by atoms with Gasteiger partial charge in [0.05, 0.1) is 6.61 Å². The Bertz CT molecular complexity index is 432. The summed E-state index contributed by atoms with van der Waals surface area (Å²) in [6, 6.07) is 0. The predicted octanol–water partition coefficient (Wildman–Crippen LogP) is -5.10. The maximum atomic E-state index is 11.7. The van der Waals surface area contributed by atoms with Gasteiger partial charge in [0.2, 0.25) is 0 Å². The highest BCUT2D eigenvalue weighted by Crippen LogP contribution is 2.23. The Morgan fingerprint density at radius 3 is 2.52 bits per heavy atom. The van der Waals surface area contributed by atoms with Gasteiger partial charge in [-0.1, -0.05) is 0 Å². The summed E-state index contributed by atoms with van der Waals surface area (Å²) in [4.78, 5) is 15.4. The van der Waals surface area contributed by atoms with Crippen molar-refractivity contribution in [2.75, 3.05) is 6.61 Å². The number of aliphatic hydroxyl groups is 4. The van der Waals surface area contributed by atoms with E-state index in [2.05, 4.69) is 10.3 Å². The summed E-state index contributed by atoms with van der Waals surface area (Å²) in [6.07, 6.45) is -9.82. The lowest BCUT2D eigenvalue weighted by Gasteiger charge is -2.41. The molecule has 0 aromatic carbocycles. The number of amides is 1. The number of nitrogens with two attached hydrogens (primary N) is 2. The van der Waals surface area contributed by atoms with E-state index in [4.69, 9.17) is 26.0 Å². The minimum atomic E-state index is -1.63. The fourth-order valence-corrected chi connectivity index (χ4v) is 2.08. The minimum Gasteiger partial charge on any atom is -0.394 e. The first-order valence-corrected chi connectivity index (χ1v) is 6.21. The molecule has 11 heteroatoms. The molecule has 0 aliphatic carbocycles. The van der Waals surface area contributed by atoms with E-state index in [0.29, 0.717) is 0 Å². The number of carbonyl (C=O) groups is 1. The second-order valence-corrected chi connectivity index (χ2v) is 4.75. The Hall–Kier alpha value is -1.34. The molecule has 0 aromatic heterocycles. The van der Waals surface area contributed by atoms with Gasteiger partial charge in [0, 0.05) is 0 Å². The molecule has 0 spiro atoms. The van der Waals surface area contributed by atoms with Gasteiger partial charge in [-0.25, -0.2) is 4.99 Å².